The van der Waals surface area contributed by atoms with Crippen LogP contribution in [0.2, 0.25) is 5.02 Å². The number of benzene rings is 1. The van der Waals surface area contributed by atoms with Gasteiger partial charge in [0.05, 0.1) is 26.3 Å². The van der Waals surface area contributed by atoms with Gasteiger partial charge in [0, 0.05) is 5.02 Å². The molecule has 2 rings (SSSR count). The molecular weight excluding hydrogens is 278 g/mol. The van der Waals surface area contributed by atoms with Crippen molar-refractivity contribution >= 4 is 17.5 Å². The first kappa shape index (κ1) is 14.4. The lowest BCUT2D eigenvalue weighted by Gasteiger charge is -2.15. The summed E-state index contributed by atoms with van der Waals surface area (Å²) in [5.74, 6) is 1.34. The van der Waals surface area contributed by atoms with E-state index in [0.29, 0.717) is 22.7 Å². The van der Waals surface area contributed by atoms with Crippen molar-refractivity contribution in [2.75, 3.05) is 19.5 Å². The van der Waals surface area contributed by atoms with E-state index in [2.05, 4.69) is 15.3 Å². The number of rotatable bonds is 5. The summed E-state index contributed by atoms with van der Waals surface area (Å²) >= 11 is 5.88. The number of hydrogen-bond acceptors (Lipinski definition) is 5. The highest BCUT2D eigenvalue weighted by Crippen LogP contribution is 2.22. The van der Waals surface area contributed by atoms with Gasteiger partial charge in [-0.25, -0.2) is 0 Å². The molecule has 1 aromatic heterocycles. The number of nitrogens with one attached hydrogen (secondary N) is 1. The van der Waals surface area contributed by atoms with E-state index in [1.54, 1.807) is 20.3 Å². The molecule has 0 amide bonds. The van der Waals surface area contributed by atoms with Gasteiger partial charge in [0.2, 0.25) is 17.7 Å². The Labute approximate surface area is 122 Å². The summed E-state index contributed by atoms with van der Waals surface area (Å²) in [6, 6.07) is 9.26. The molecule has 6 heteroatoms. The van der Waals surface area contributed by atoms with Gasteiger partial charge in [-0.2, -0.15) is 9.97 Å². The Morgan fingerprint density at radius 3 is 2.10 bits per heavy atom. The Kier molecular flexibility index (Phi) is 4.63. The molecule has 0 aliphatic carbocycles. The summed E-state index contributed by atoms with van der Waals surface area (Å²) in [7, 11) is 3.10. The zero-order valence-electron chi connectivity index (χ0n) is 11.6. The second-order valence-electron chi connectivity index (χ2n) is 4.19. The van der Waals surface area contributed by atoms with E-state index in [1.165, 1.54) is 0 Å². The fourth-order valence-corrected chi connectivity index (χ4v) is 1.83. The predicted octanol–water partition coefficient (Wildman–Crippen LogP) is 3.32. The topological polar surface area (TPSA) is 56.3 Å². The van der Waals surface area contributed by atoms with Gasteiger partial charge in [0.25, 0.3) is 0 Å². The number of ether oxygens (including phenoxy) is 2. The predicted molar refractivity (Wildman–Crippen MR) is 78.6 cm³/mol. The molecule has 20 heavy (non-hydrogen) atoms. The summed E-state index contributed by atoms with van der Waals surface area (Å²) < 4.78 is 10.2. The summed E-state index contributed by atoms with van der Waals surface area (Å²) in [5.41, 5.74) is 1.08. The second-order valence-corrected chi connectivity index (χ2v) is 4.63. The minimum absolute atomic E-state index is 0.0316. The zero-order valence-corrected chi connectivity index (χ0v) is 12.3. The number of aromatic nitrogens is 2. The van der Waals surface area contributed by atoms with Gasteiger partial charge in [-0.15, -0.1) is 0 Å². The Balaban J connectivity index is 2.18. The minimum Gasteiger partial charge on any atom is -0.481 e. The van der Waals surface area contributed by atoms with Crippen molar-refractivity contribution in [1.29, 1.82) is 0 Å². The first-order valence-corrected chi connectivity index (χ1v) is 6.49. The molecule has 5 nitrogen and oxygen atoms in total. The van der Waals surface area contributed by atoms with Crippen LogP contribution in [0.3, 0.4) is 0 Å². The maximum Gasteiger partial charge on any atom is 0.229 e. The van der Waals surface area contributed by atoms with Crippen LogP contribution in [-0.4, -0.2) is 24.2 Å². The smallest absolute Gasteiger partial charge is 0.229 e. The van der Waals surface area contributed by atoms with Gasteiger partial charge in [0.15, 0.2) is 0 Å². The third-order valence-corrected chi connectivity index (χ3v) is 3.07. The molecule has 0 spiro atoms. The van der Waals surface area contributed by atoms with Gasteiger partial charge in [0.1, 0.15) is 0 Å². The molecular formula is C14H16ClN3O2. The molecule has 1 aromatic carbocycles. The first-order chi connectivity index (χ1) is 9.62. The Hall–Kier alpha value is -2.01. The Morgan fingerprint density at radius 1 is 1.05 bits per heavy atom. The van der Waals surface area contributed by atoms with Crippen molar-refractivity contribution in [2.45, 2.75) is 13.0 Å². The van der Waals surface area contributed by atoms with Gasteiger partial charge in [-0.05, 0) is 24.6 Å². The lowest BCUT2D eigenvalue weighted by atomic mass is 10.1. The van der Waals surface area contributed by atoms with Crippen LogP contribution in [0.5, 0.6) is 11.8 Å². The summed E-state index contributed by atoms with van der Waals surface area (Å²) in [4.78, 5) is 8.46. The summed E-state index contributed by atoms with van der Waals surface area (Å²) in [5, 5.41) is 3.91. The van der Waals surface area contributed by atoms with Crippen LogP contribution in [0.4, 0.5) is 5.95 Å². The molecule has 0 fully saturated rings. The zero-order chi connectivity index (χ0) is 14.5. The molecule has 0 radical (unpaired) electrons. The van der Waals surface area contributed by atoms with Gasteiger partial charge < -0.3 is 14.8 Å². The number of methoxy groups -OCH3 is 2. The van der Waals surface area contributed by atoms with E-state index in [-0.39, 0.29) is 6.04 Å². The van der Waals surface area contributed by atoms with E-state index >= 15 is 0 Å². The van der Waals surface area contributed by atoms with E-state index in [1.807, 2.05) is 31.2 Å². The molecule has 106 valence electrons. The highest BCUT2D eigenvalue weighted by Gasteiger charge is 2.10. The third kappa shape index (κ3) is 3.51. The van der Waals surface area contributed by atoms with E-state index in [0.717, 1.165) is 5.56 Å². The summed E-state index contributed by atoms with van der Waals surface area (Å²) in [6.07, 6.45) is 0. The SMILES string of the molecule is COc1cc(OC)nc(NC(C)c2ccc(Cl)cc2)n1. The van der Waals surface area contributed by atoms with Crippen LogP contribution in [0, 0.1) is 0 Å². The van der Waals surface area contributed by atoms with Crippen LogP contribution in [0.15, 0.2) is 30.3 Å². The molecule has 0 saturated heterocycles. The second kappa shape index (κ2) is 6.43. The molecule has 1 heterocycles. The van der Waals surface area contributed by atoms with Crippen LogP contribution in [-0.2, 0) is 0 Å². The largest absolute Gasteiger partial charge is 0.481 e. The molecule has 0 aliphatic heterocycles. The average Bonchev–Trinajstić information content (AvgIpc) is 2.47. The number of hydrogen-bond donors (Lipinski definition) is 1. The molecule has 1 atom stereocenters. The highest BCUT2D eigenvalue weighted by molar-refractivity contribution is 6.30. The molecule has 0 bridgehead atoms. The van der Waals surface area contributed by atoms with Crippen LogP contribution >= 0.6 is 11.6 Å². The number of halogens is 1. The van der Waals surface area contributed by atoms with Crippen molar-refractivity contribution in [2.24, 2.45) is 0 Å². The maximum atomic E-state index is 5.88. The quantitative estimate of drug-likeness (QED) is 0.916. The molecule has 0 aliphatic rings. The van der Waals surface area contributed by atoms with E-state index in [9.17, 15) is 0 Å². The molecule has 0 saturated carbocycles. The Morgan fingerprint density at radius 2 is 1.60 bits per heavy atom. The van der Waals surface area contributed by atoms with E-state index in [4.69, 9.17) is 21.1 Å². The highest BCUT2D eigenvalue weighted by atomic mass is 35.5. The summed E-state index contributed by atoms with van der Waals surface area (Å²) in [6.45, 7) is 2.01. The molecule has 1 unspecified atom stereocenters. The monoisotopic (exact) mass is 293 g/mol. The van der Waals surface area contributed by atoms with Crippen molar-refractivity contribution in [3.8, 4) is 11.8 Å². The van der Waals surface area contributed by atoms with Crippen molar-refractivity contribution in [3.63, 3.8) is 0 Å². The fourth-order valence-electron chi connectivity index (χ4n) is 1.71. The van der Waals surface area contributed by atoms with Crippen molar-refractivity contribution in [3.05, 3.63) is 40.9 Å². The lowest BCUT2D eigenvalue weighted by molar-refractivity contribution is 0.372. The number of nitrogens with zero attached hydrogens (tertiary/aromatic N) is 2. The average molecular weight is 294 g/mol. The normalized spacial score (nSPS) is 11.8. The van der Waals surface area contributed by atoms with Gasteiger partial charge in [-0.1, -0.05) is 23.7 Å². The van der Waals surface area contributed by atoms with Gasteiger partial charge >= 0.3 is 0 Å². The maximum absolute atomic E-state index is 5.88. The lowest BCUT2D eigenvalue weighted by Crippen LogP contribution is -2.10. The van der Waals surface area contributed by atoms with Crippen LogP contribution in [0.1, 0.15) is 18.5 Å². The van der Waals surface area contributed by atoms with Crippen molar-refractivity contribution < 1.29 is 9.47 Å². The van der Waals surface area contributed by atoms with Crippen LogP contribution < -0.4 is 14.8 Å². The third-order valence-electron chi connectivity index (χ3n) is 2.81. The molecule has 2 aromatic rings. The fraction of sp³-hybridized carbons (Fsp3) is 0.286. The van der Waals surface area contributed by atoms with Crippen LogP contribution in [0.25, 0.3) is 0 Å². The molecule has 1 N–H and O–H groups in total. The number of anilines is 1. The first-order valence-electron chi connectivity index (χ1n) is 6.11. The van der Waals surface area contributed by atoms with Gasteiger partial charge in [-0.3, -0.25) is 0 Å². The Bertz CT molecular complexity index is 553. The van der Waals surface area contributed by atoms with Crippen molar-refractivity contribution in [1.82, 2.24) is 9.97 Å². The standard InChI is InChI=1S/C14H16ClN3O2/c1-9(10-4-6-11(15)7-5-10)16-14-17-12(19-2)8-13(18-14)20-3/h4-9H,1-3H3,(H,16,17,18). The minimum atomic E-state index is 0.0316. The van der Waals surface area contributed by atoms with E-state index < -0.39 is 0 Å².